The lowest BCUT2D eigenvalue weighted by molar-refractivity contribution is 0.0177. The van der Waals surface area contributed by atoms with Crippen LogP contribution in [-0.2, 0) is 11.8 Å². The molecular formula is C31H37ClN2O3S. The van der Waals surface area contributed by atoms with Crippen LogP contribution in [0.15, 0.2) is 48.6 Å². The Labute approximate surface area is 235 Å². The smallest absolute Gasteiger partial charge is 0.261 e. The monoisotopic (exact) mass is 552 g/mol. The van der Waals surface area contributed by atoms with Gasteiger partial charge in [-0.3, -0.25) is 9.52 Å². The molecule has 38 heavy (non-hydrogen) atoms. The molecule has 1 fully saturated rings. The Morgan fingerprint density at radius 2 is 2.03 bits per heavy atom. The fraction of sp³-hybridized carbons (Fsp3) is 0.516. The molecule has 1 spiro atoms. The van der Waals surface area contributed by atoms with Crippen molar-refractivity contribution in [2.45, 2.75) is 68.6 Å². The molecule has 1 saturated carbocycles. The maximum Gasteiger partial charge on any atom is 0.261 e. The number of allylic oxidation sites excluding steroid dienone is 1. The van der Waals surface area contributed by atoms with Crippen LogP contribution in [-0.4, -0.2) is 42.1 Å². The van der Waals surface area contributed by atoms with E-state index in [0.717, 1.165) is 68.1 Å². The summed E-state index contributed by atoms with van der Waals surface area (Å²) in [6.45, 7) is 4.39. The number of aliphatic hydroxyl groups is 1. The second-order valence-corrected chi connectivity index (χ2v) is 13.3. The van der Waals surface area contributed by atoms with E-state index >= 15 is 0 Å². The van der Waals surface area contributed by atoms with Crippen LogP contribution >= 0.6 is 23.5 Å². The summed E-state index contributed by atoms with van der Waals surface area (Å²) in [4.78, 5) is 15.6. The Morgan fingerprint density at radius 3 is 2.87 bits per heavy atom. The predicted molar refractivity (Wildman–Crippen MR) is 155 cm³/mol. The molecule has 2 aliphatic carbocycles. The van der Waals surface area contributed by atoms with E-state index in [1.165, 1.54) is 23.1 Å². The molecule has 0 unspecified atom stereocenters. The second kappa shape index (κ2) is 10.8. The SMILES string of the molecule is C[C@H]1C/C=C\C[C@@H](O)[C@@H]2CC[C@H]2CN2C[C@@]3(CCCc4cc(Cl)ccc43)COc3ccc(cc32)C(=O)NS1. The topological polar surface area (TPSA) is 61.8 Å². The maximum absolute atomic E-state index is 13.1. The van der Waals surface area contributed by atoms with Crippen molar-refractivity contribution in [1.29, 1.82) is 0 Å². The number of hydrogen-bond donors (Lipinski definition) is 2. The van der Waals surface area contributed by atoms with E-state index in [1.807, 2.05) is 24.3 Å². The van der Waals surface area contributed by atoms with E-state index in [1.54, 1.807) is 0 Å². The number of aliphatic hydroxyl groups excluding tert-OH is 1. The van der Waals surface area contributed by atoms with Gasteiger partial charge in [0.15, 0.2) is 0 Å². The molecular weight excluding hydrogens is 516 g/mol. The largest absolute Gasteiger partial charge is 0.490 e. The first kappa shape index (κ1) is 26.1. The number of amides is 1. The number of rotatable bonds is 0. The Bertz CT molecular complexity index is 1240. The van der Waals surface area contributed by atoms with Gasteiger partial charge in [-0.1, -0.05) is 36.7 Å². The number of benzene rings is 2. The molecule has 2 aliphatic heterocycles. The summed E-state index contributed by atoms with van der Waals surface area (Å²) in [5.74, 6) is 1.47. The first-order valence-electron chi connectivity index (χ1n) is 14.0. The number of carbonyl (C=O) groups is 1. The summed E-state index contributed by atoms with van der Waals surface area (Å²) in [7, 11) is 0. The van der Waals surface area contributed by atoms with Crippen LogP contribution in [0.2, 0.25) is 5.02 Å². The molecule has 7 heteroatoms. The van der Waals surface area contributed by atoms with Gasteiger partial charge < -0.3 is 14.7 Å². The van der Waals surface area contributed by atoms with Crippen molar-refractivity contribution in [3.63, 3.8) is 0 Å². The molecule has 5 atom stereocenters. The molecule has 202 valence electrons. The van der Waals surface area contributed by atoms with Crippen molar-refractivity contribution in [2.24, 2.45) is 11.8 Å². The van der Waals surface area contributed by atoms with Gasteiger partial charge >= 0.3 is 0 Å². The molecule has 2 N–H and O–H groups in total. The fourth-order valence-electron chi connectivity index (χ4n) is 6.83. The molecule has 2 bridgehead atoms. The highest BCUT2D eigenvalue weighted by atomic mass is 35.5. The van der Waals surface area contributed by atoms with E-state index in [9.17, 15) is 9.90 Å². The van der Waals surface area contributed by atoms with Gasteiger partial charge in [0, 0.05) is 34.3 Å². The molecule has 4 aliphatic rings. The maximum atomic E-state index is 13.1. The Morgan fingerprint density at radius 1 is 1.16 bits per heavy atom. The van der Waals surface area contributed by atoms with Gasteiger partial charge in [-0.25, -0.2) is 0 Å². The van der Waals surface area contributed by atoms with Gasteiger partial charge in [-0.2, -0.15) is 0 Å². The average Bonchev–Trinajstić information content (AvgIpc) is 3.04. The number of aryl methyl sites for hydroxylation is 1. The van der Waals surface area contributed by atoms with Crippen molar-refractivity contribution < 1.29 is 14.6 Å². The highest BCUT2D eigenvalue weighted by molar-refractivity contribution is 7.98. The third-order valence-electron chi connectivity index (χ3n) is 9.09. The van der Waals surface area contributed by atoms with Gasteiger partial charge in [0.05, 0.1) is 18.4 Å². The van der Waals surface area contributed by atoms with Crippen molar-refractivity contribution in [1.82, 2.24) is 4.72 Å². The van der Waals surface area contributed by atoms with Crippen molar-refractivity contribution in [2.75, 3.05) is 24.6 Å². The minimum atomic E-state index is -0.318. The van der Waals surface area contributed by atoms with Gasteiger partial charge in [0.1, 0.15) is 5.75 Å². The van der Waals surface area contributed by atoms with Crippen LogP contribution in [0.25, 0.3) is 0 Å². The first-order chi connectivity index (χ1) is 18.4. The highest BCUT2D eigenvalue weighted by Crippen LogP contribution is 2.46. The summed E-state index contributed by atoms with van der Waals surface area (Å²) in [5.41, 5.74) is 4.15. The van der Waals surface area contributed by atoms with Crippen LogP contribution in [0.5, 0.6) is 5.75 Å². The van der Waals surface area contributed by atoms with Crippen molar-refractivity contribution in [3.8, 4) is 5.75 Å². The molecule has 2 aromatic rings. The van der Waals surface area contributed by atoms with Crippen molar-refractivity contribution >= 4 is 35.1 Å². The third kappa shape index (κ3) is 5.07. The average molecular weight is 553 g/mol. The van der Waals surface area contributed by atoms with Crippen LogP contribution in [0.4, 0.5) is 5.69 Å². The van der Waals surface area contributed by atoms with Gasteiger partial charge in [-0.05, 0) is 110 Å². The molecule has 2 aromatic carbocycles. The van der Waals surface area contributed by atoms with E-state index < -0.39 is 0 Å². The van der Waals surface area contributed by atoms with Crippen LogP contribution in [0.3, 0.4) is 0 Å². The summed E-state index contributed by atoms with van der Waals surface area (Å²) in [5, 5.41) is 12.1. The molecule has 0 radical (unpaired) electrons. The number of anilines is 1. The zero-order valence-corrected chi connectivity index (χ0v) is 23.6. The van der Waals surface area contributed by atoms with E-state index in [0.29, 0.717) is 30.4 Å². The van der Waals surface area contributed by atoms with Crippen molar-refractivity contribution in [3.05, 3.63) is 70.3 Å². The number of halogens is 1. The van der Waals surface area contributed by atoms with Gasteiger partial charge in [-0.15, -0.1) is 0 Å². The molecule has 1 amide bonds. The molecule has 6 rings (SSSR count). The normalized spacial score (nSPS) is 32.2. The second-order valence-electron chi connectivity index (χ2n) is 11.7. The summed E-state index contributed by atoms with van der Waals surface area (Å²) in [6, 6.07) is 12.2. The van der Waals surface area contributed by atoms with E-state index in [-0.39, 0.29) is 22.7 Å². The Hall–Kier alpha value is -2.15. The highest BCUT2D eigenvalue weighted by Gasteiger charge is 2.44. The van der Waals surface area contributed by atoms with Crippen LogP contribution < -0.4 is 14.4 Å². The predicted octanol–water partition coefficient (Wildman–Crippen LogP) is 6.32. The fourth-order valence-corrected chi connectivity index (χ4v) is 7.65. The summed E-state index contributed by atoms with van der Waals surface area (Å²) >= 11 is 7.85. The molecule has 2 heterocycles. The minimum Gasteiger partial charge on any atom is -0.490 e. The number of carbonyl (C=O) groups excluding carboxylic acids is 1. The lowest BCUT2D eigenvalue weighted by Gasteiger charge is -2.45. The van der Waals surface area contributed by atoms with Gasteiger partial charge in [0.25, 0.3) is 5.91 Å². The molecule has 0 saturated heterocycles. The summed E-state index contributed by atoms with van der Waals surface area (Å²) < 4.78 is 9.62. The van der Waals surface area contributed by atoms with E-state index in [4.69, 9.17) is 16.3 Å². The lowest BCUT2D eigenvalue weighted by atomic mass is 9.68. The molecule has 5 nitrogen and oxygen atoms in total. The number of hydrogen-bond acceptors (Lipinski definition) is 5. The number of fused-ring (bicyclic) bond motifs is 4. The number of nitrogens with zero attached hydrogens (tertiary/aromatic N) is 1. The van der Waals surface area contributed by atoms with E-state index in [2.05, 4.69) is 40.8 Å². The number of ether oxygens (including phenoxy) is 1. The first-order valence-corrected chi connectivity index (χ1v) is 15.3. The summed E-state index contributed by atoms with van der Waals surface area (Å²) in [6.07, 6.45) is 10.8. The Kier molecular flexibility index (Phi) is 7.41. The minimum absolute atomic E-state index is 0.0748. The third-order valence-corrected chi connectivity index (χ3v) is 10.2. The Balaban J connectivity index is 1.39. The van der Waals surface area contributed by atoms with Crippen LogP contribution in [0, 0.1) is 11.8 Å². The number of nitrogens with one attached hydrogen (secondary N) is 1. The quantitative estimate of drug-likeness (QED) is 0.296. The standard InChI is InChI=1S/C31H37ClN2O3S/c1-20-5-2-3-7-28(35)25-11-8-23(25)17-34-18-31(14-4-6-21-15-24(32)10-12-26(21)31)19-37-29-13-9-22(16-27(29)34)30(36)33-38-20/h2-3,9-10,12-13,15-16,20,23,25,28,35H,4-8,11,14,17-19H2,1H3,(H,33,36)/b3-2-/t20-,23-,25+,28+,31-/m0/s1. The van der Waals surface area contributed by atoms with Gasteiger partial charge in [0.2, 0.25) is 0 Å². The molecule has 0 aromatic heterocycles. The van der Waals surface area contributed by atoms with Crippen LogP contribution in [0.1, 0.15) is 66.9 Å². The lowest BCUT2D eigenvalue weighted by Crippen LogP contribution is -2.49. The zero-order valence-electron chi connectivity index (χ0n) is 22.0. The zero-order chi connectivity index (χ0) is 26.3.